The molecule has 2 heterocycles. The Kier molecular flexibility index (Phi) is 4.93. The predicted octanol–water partition coefficient (Wildman–Crippen LogP) is 1.08. The van der Waals surface area contributed by atoms with Crippen molar-refractivity contribution in [2.75, 3.05) is 32.9 Å². The van der Waals surface area contributed by atoms with Crippen molar-refractivity contribution in [3.63, 3.8) is 0 Å². The second kappa shape index (κ2) is 7.41. The van der Waals surface area contributed by atoms with E-state index in [0.29, 0.717) is 26.3 Å². The first-order chi connectivity index (χ1) is 13.9. The highest BCUT2D eigenvalue weighted by Gasteiger charge is 2.35. The first-order valence-electron chi connectivity index (χ1n) is 8.95. The van der Waals surface area contributed by atoms with E-state index in [0.717, 1.165) is 6.07 Å². The van der Waals surface area contributed by atoms with E-state index in [9.17, 15) is 22.8 Å². The Hall–Kier alpha value is -3.04. The van der Waals surface area contributed by atoms with Gasteiger partial charge in [-0.1, -0.05) is 12.1 Å². The molecule has 0 radical (unpaired) electrons. The molecule has 0 aromatic heterocycles. The van der Waals surface area contributed by atoms with Gasteiger partial charge in [0.15, 0.2) is 12.4 Å². The van der Waals surface area contributed by atoms with E-state index in [1.165, 1.54) is 35.2 Å². The molecule has 150 valence electrons. The van der Waals surface area contributed by atoms with E-state index in [1.54, 1.807) is 6.07 Å². The van der Waals surface area contributed by atoms with Gasteiger partial charge >= 0.3 is 5.97 Å². The quantitative estimate of drug-likeness (QED) is 0.589. The van der Waals surface area contributed by atoms with Gasteiger partial charge in [-0.05, 0) is 30.3 Å². The van der Waals surface area contributed by atoms with Crippen LogP contribution in [0.1, 0.15) is 26.3 Å². The Labute approximate surface area is 166 Å². The summed E-state index contributed by atoms with van der Waals surface area (Å²) in [5, 5.41) is 0. The maximum Gasteiger partial charge on any atom is 0.338 e. The molecule has 2 aromatic carbocycles. The first-order valence-corrected chi connectivity index (χ1v) is 10.4. The SMILES string of the molecule is O=C(OCC(=O)N1CCOCC1)c1ccc2c(c1)S(=O)(=O)c1ccccc1C2=O. The lowest BCUT2D eigenvalue weighted by molar-refractivity contribution is -0.138. The Morgan fingerprint density at radius 1 is 1.00 bits per heavy atom. The van der Waals surface area contributed by atoms with E-state index < -0.39 is 28.2 Å². The summed E-state index contributed by atoms with van der Waals surface area (Å²) in [5.74, 6) is -1.61. The third-order valence-electron chi connectivity index (χ3n) is 4.86. The number of ketones is 1. The fraction of sp³-hybridized carbons (Fsp3) is 0.250. The number of amides is 1. The third-order valence-corrected chi connectivity index (χ3v) is 6.72. The summed E-state index contributed by atoms with van der Waals surface area (Å²) in [6.07, 6.45) is 0. The van der Waals surface area contributed by atoms with Crippen LogP contribution in [0.3, 0.4) is 0 Å². The van der Waals surface area contributed by atoms with Crippen LogP contribution in [-0.2, 0) is 24.1 Å². The van der Waals surface area contributed by atoms with Gasteiger partial charge in [0.05, 0.1) is 28.6 Å². The van der Waals surface area contributed by atoms with Crippen molar-refractivity contribution in [3.8, 4) is 0 Å². The molecule has 0 unspecified atom stereocenters. The Morgan fingerprint density at radius 2 is 1.69 bits per heavy atom. The lowest BCUT2D eigenvalue weighted by atomic mass is 10.0. The average molecular weight is 415 g/mol. The summed E-state index contributed by atoms with van der Waals surface area (Å²) in [4.78, 5) is 38.3. The van der Waals surface area contributed by atoms with Crippen LogP contribution in [-0.4, -0.2) is 63.9 Å². The molecule has 0 spiro atoms. The Balaban J connectivity index is 1.56. The molecule has 1 amide bonds. The maximum atomic E-state index is 12.9. The summed E-state index contributed by atoms with van der Waals surface area (Å²) in [6, 6.07) is 9.68. The lowest BCUT2D eigenvalue weighted by Crippen LogP contribution is -2.42. The highest BCUT2D eigenvalue weighted by Crippen LogP contribution is 2.34. The van der Waals surface area contributed by atoms with Gasteiger partial charge in [0.25, 0.3) is 5.91 Å². The first kappa shape index (κ1) is 19.3. The number of fused-ring (bicyclic) bond motifs is 2. The fourth-order valence-electron chi connectivity index (χ4n) is 3.33. The molecule has 4 rings (SSSR count). The lowest BCUT2D eigenvalue weighted by Gasteiger charge is -2.26. The minimum Gasteiger partial charge on any atom is -0.452 e. The van der Waals surface area contributed by atoms with E-state index in [1.807, 2.05) is 0 Å². The maximum absolute atomic E-state index is 12.9. The Morgan fingerprint density at radius 3 is 2.45 bits per heavy atom. The van der Waals surface area contributed by atoms with Gasteiger partial charge in [-0.15, -0.1) is 0 Å². The number of rotatable bonds is 3. The molecule has 9 heteroatoms. The second-order valence-electron chi connectivity index (χ2n) is 6.61. The zero-order valence-electron chi connectivity index (χ0n) is 15.3. The second-order valence-corrected chi connectivity index (χ2v) is 8.50. The number of sulfone groups is 1. The van der Waals surface area contributed by atoms with Crippen LogP contribution >= 0.6 is 0 Å². The number of nitrogens with zero attached hydrogens (tertiary/aromatic N) is 1. The minimum atomic E-state index is -3.96. The molecular weight excluding hydrogens is 398 g/mol. The van der Waals surface area contributed by atoms with Crippen molar-refractivity contribution in [2.24, 2.45) is 0 Å². The van der Waals surface area contributed by atoms with Crippen molar-refractivity contribution in [1.82, 2.24) is 4.90 Å². The molecule has 1 saturated heterocycles. The number of hydrogen-bond acceptors (Lipinski definition) is 7. The van der Waals surface area contributed by atoms with Crippen LogP contribution in [0.2, 0.25) is 0 Å². The Bertz CT molecular complexity index is 1120. The van der Waals surface area contributed by atoms with Gasteiger partial charge in [0.1, 0.15) is 0 Å². The highest BCUT2D eigenvalue weighted by molar-refractivity contribution is 7.91. The van der Waals surface area contributed by atoms with Crippen molar-refractivity contribution >= 4 is 27.5 Å². The number of morpholine rings is 1. The number of carbonyl (C=O) groups is 3. The van der Waals surface area contributed by atoms with Gasteiger partial charge in [-0.2, -0.15) is 0 Å². The molecule has 0 aliphatic carbocycles. The number of ether oxygens (including phenoxy) is 2. The predicted molar refractivity (Wildman–Crippen MR) is 99.4 cm³/mol. The van der Waals surface area contributed by atoms with Crippen LogP contribution in [0.15, 0.2) is 52.3 Å². The molecule has 0 saturated carbocycles. The summed E-state index contributed by atoms with van der Waals surface area (Å²) in [5.41, 5.74) is 0.0605. The summed E-state index contributed by atoms with van der Waals surface area (Å²) in [6.45, 7) is 1.25. The zero-order chi connectivity index (χ0) is 20.6. The zero-order valence-corrected chi connectivity index (χ0v) is 16.1. The van der Waals surface area contributed by atoms with Crippen molar-refractivity contribution < 1.29 is 32.3 Å². The van der Waals surface area contributed by atoms with E-state index >= 15 is 0 Å². The normalized spacial score (nSPS) is 17.2. The van der Waals surface area contributed by atoms with Crippen molar-refractivity contribution in [3.05, 3.63) is 59.2 Å². The number of benzene rings is 2. The van der Waals surface area contributed by atoms with E-state index in [2.05, 4.69) is 0 Å². The number of hydrogen-bond donors (Lipinski definition) is 0. The summed E-state index contributed by atoms with van der Waals surface area (Å²) >= 11 is 0. The molecule has 2 aromatic rings. The number of esters is 1. The van der Waals surface area contributed by atoms with E-state index in [-0.39, 0.29) is 32.4 Å². The summed E-state index contributed by atoms with van der Waals surface area (Å²) < 4.78 is 36.0. The molecule has 2 aliphatic heterocycles. The van der Waals surface area contributed by atoms with Gasteiger partial charge in [-0.25, -0.2) is 13.2 Å². The van der Waals surface area contributed by atoms with Crippen LogP contribution in [0, 0.1) is 0 Å². The standard InChI is InChI=1S/C20H17NO7S/c22-18(21-7-9-27-10-8-21)12-28-20(24)13-5-6-15-17(11-13)29(25,26)16-4-2-1-3-14(16)19(15)23/h1-6,11H,7-10,12H2. The molecule has 2 aliphatic rings. The van der Waals surface area contributed by atoms with Gasteiger partial charge < -0.3 is 14.4 Å². The topological polar surface area (TPSA) is 107 Å². The highest BCUT2D eigenvalue weighted by atomic mass is 32.2. The molecule has 0 N–H and O–H groups in total. The molecule has 0 bridgehead atoms. The van der Waals surface area contributed by atoms with Gasteiger partial charge in [-0.3, -0.25) is 9.59 Å². The average Bonchev–Trinajstić information content (AvgIpc) is 2.76. The fourth-order valence-corrected chi connectivity index (χ4v) is 5.00. The summed E-state index contributed by atoms with van der Waals surface area (Å²) in [7, 11) is -3.96. The van der Waals surface area contributed by atoms with Gasteiger partial charge in [0, 0.05) is 24.2 Å². The van der Waals surface area contributed by atoms with Crippen LogP contribution in [0.5, 0.6) is 0 Å². The molecule has 29 heavy (non-hydrogen) atoms. The molecular formula is C20H17NO7S. The molecule has 8 nitrogen and oxygen atoms in total. The van der Waals surface area contributed by atoms with Crippen LogP contribution in [0.4, 0.5) is 0 Å². The largest absolute Gasteiger partial charge is 0.452 e. The van der Waals surface area contributed by atoms with Crippen molar-refractivity contribution in [2.45, 2.75) is 9.79 Å². The van der Waals surface area contributed by atoms with Gasteiger partial charge in [0.2, 0.25) is 9.84 Å². The van der Waals surface area contributed by atoms with Crippen LogP contribution in [0.25, 0.3) is 0 Å². The monoisotopic (exact) mass is 415 g/mol. The van der Waals surface area contributed by atoms with E-state index in [4.69, 9.17) is 9.47 Å². The minimum absolute atomic E-state index is 0.00430. The smallest absolute Gasteiger partial charge is 0.338 e. The van der Waals surface area contributed by atoms with Crippen molar-refractivity contribution in [1.29, 1.82) is 0 Å². The number of carbonyl (C=O) groups excluding carboxylic acids is 3. The molecule has 1 fully saturated rings. The third kappa shape index (κ3) is 3.43. The van der Waals surface area contributed by atoms with Crippen LogP contribution < -0.4 is 0 Å². The molecule has 0 atom stereocenters.